The molecule has 158 valence electrons. The molecule has 4 rings (SSSR count). The van der Waals surface area contributed by atoms with Crippen LogP contribution in [0.4, 0.5) is 4.79 Å². The van der Waals surface area contributed by atoms with Crippen molar-refractivity contribution in [1.82, 2.24) is 5.32 Å². The fraction of sp³-hybridized carbons (Fsp3) is 0.880. The van der Waals surface area contributed by atoms with Crippen molar-refractivity contribution in [2.45, 2.75) is 98.0 Å². The second kappa shape index (κ2) is 7.69. The van der Waals surface area contributed by atoms with Gasteiger partial charge in [0, 0.05) is 13.0 Å². The molecule has 0 aliphatic heterocycles. The number of carbonyl (C=O) groups is 1. The first-order chi connectivity index (χ1) is 13.4. The minimum Gasteiger partial charge on any atom is -0.446 e. The van der Waals surface area contributed by atoms with Gasteiger partial charge in [0.05, 0.1) is 0 Å². The van der Waals surface area contributed by atoms with Crippen LogP contribution in [0, 0.1) is 34.5 Å². The molecule has 0 aromatic heterocycles. The van der Waals surface area contributed by atoms with E-state index in [4.69, 9.17) is 4.74 Å². The molecule has 0 aromatic rings. The maximum Gasteiger partial charge on any atom is 0.407 e. The number of nitrogens with one attached hydrogen (secondary N) is 1. The van der Waals surface area contributed by atoms with E-state index in [2.05, 4.69) is 32.2 Å². The molecule has 4 aliphatic carbocycles. The molecular formula is C25H41NO2. The van der Waals surface area contributed by atoms with E-state index >= 15 is 0 Å². The summed E-state index contributed by atoms with van der Waals surface area (Å²) in [4.78, 5) is 11.9. The zero-order valence-corrected chi connectivity index (χ0v) is 18.6. The number of ether oxygens (including phenoxy) is 1. The van der Waals surface area contributed by atoms with Crippen molar-refractivity contribution < 1.29 is 9.53 Å². The van der Waals surface area contributed by atoms with Crippen LogP contribution in [0.2, 0.25) is 0 Å². The molecule has 0 spiro atoms. The first-order valence-corrected chi connectivity index (χ1v) is 12.0. The maximum absolute atomic E-state index is 11.9. The summed E-state index contributed by atoms with van der Waals surface area (Å²) >= 11 is 0. The fourth-order valence-corrected chi connectivity index (χ4v) is 7.78. The minimum atomic E-state index is -0.244. The van der Waals surface area contributed by atoms with Gasteiger partial charge >= 0.3 is 6.09 Å². The molecule has 1 amide bonds. The molecule has 0 bridgehead atoms. The highest BCUT2D eigenvalue weighted by atomic mass is 16.6. The van der Waals surface area contributed by atoms with E-state index in [0.29, 0.717) is 17.4 Å². The lowest BCUT2D eigenvalue weighted by atomic mass is 9.50. The van der Waals surface area contributed by atoms with Crippen LogP contribution in [-0.4, -0.2) is 18.7 Å². The summed E-state index contributed by atoms with van der Waals surface area (Å²) in [6.07, 6.45) is 15.4. The largest absolute Gasteiger partial charge is 0.446 e. The van der Waals surface area contributed by atoms with Crippen LogP contribution in [0.25, 0.3) is 0 Å². The van der Waals surface area contributed by atoms with Gasteiger partial charge in [0.15, 0.2) is 0 Å². The highest BCUT2D eigenvalue weighted by Gasteiger charge is 2.54. The summed E-state index contributed by atoms with van der Waals surface area (Å²) in [6.45, 7) is 10.3. The quantitative estimate of drug-likeness (QED) is 0.551. The van der Waals surface area contributed by atoms with Crippen LogP contribution in [-0.2, 0) is 4.74 Å². The van der Waals surface area contributed by atoms with Crippen molar-refractivity contribution in [3.05, 3.63) is 11.6 Å². The predicted octanol–water partition coefficient (Wildman–Crippen LogP) is 6.48. The van der Waals surface area contributed by atoms with E-state index in [1.54, 1.807) is 5.57 Å². The smallest absolute Gasteiger partial charge is 0.407 e. The number of carbonyl (C=O) groups excluding carboxylic acids is 1. The summed E-state index contributed by atoms with van der Waals surface area (Å²) in [5, 5.41) is 2.79. The zero-order chi connectivity index (χ0) is 19.9. The zero-order valence-electron chi connectivity index (χ0n) is 18.6. The van der Waals surface area contributed by atoms with Gasteiger partial charge in [-0.05, 0) is 80.0 Å². The van der Waals surface area contributed by atoms with Crippen LogP contribution in [0.1, 0.15) is 91.9 Å². The van der Waals surface area contributed by atoms with Crippen molar-refractivity contribution in [3.8, 4) is 0 Å². The Balaban J connectivity index is 1.55. The Bertz CT molecular complexity index is 628. The number of hydrogen-bond donors (Lipinski definition) is 1. The molecule has 0 heterocycles. The highest BCUT2D eigenvalue weighted by Crippen LogP contribution is 2.63. The standard InChI is InChI=1S/C25H41NO2/c1-5-26-23(27)28-19-13-15-25(4)18(16-19)11-12-20-21-9-6-8-17(2)24(21,3)14-7-10-22(20)25/h11,17,19-22H,5-10,12-16H2,1-4H3,(H,26,27)/t17?,19-,20?,21?,22?,24+,25-/m1/s1. The average molecular weight is 388 g/mol. The number of allylic oxidation sites excluding steroid dienone is 1. The topological polar surface area (TPSA) is 38.3 Å². The van der Waals surface area contributed by atoms with E-state index in [9.17, 15) is 4.79 Å². The lowest BCUT2D eigenvalue weighted by Crippen LogP contribution is -2.48. The Morgan fingerprint density at radius 2 is 1.93 bits per heavy atom. The van der Waals surface area contributed by atoms with Gasteiger partial charge < -0.3 is 10.1 Å². The molecule has 0 saturated heterocycles. The lowest BCUT2D eigenvalue weighted by molar-refractivity contribution is -0.0306. The Morgan fingerprint density at radius 1 is 1.14 bits per heavy atom. The Kier molecular flexibility index (Phi) is 5.57. The molecule has 3 saturated carbocycles. The summed E-state index contributed by atoms with van der Waals surface area (Å²) in [7, 11) is 0. The molecule has 7 atom stereocenters. The monoisotopic (exact) mass is 387 g/mol. The summed E-state index contributed by atoms with van der Waals surface area (Å²) < 4.78 is 5.71. The first-order valence-electron chi connectivity index (χ1n) is 12.0. The third-order valence-electron chi connectivity index (χ3n) is 9.61. The van der Waals surface area contributed by atoms with E-state index in [-0.39, 0.29) is 12.2 Å². The average Bonchev–Trinajstić information content (AvgIpc) is 2.81. The second-order valence-corrected chi connectivity index (χ2v) is 10.8. The van der Waals surface area contributed by atoms with E-state index in [0.717, 1.165) is 36.5 Å². The molecule has 4 unspecified atom stereocenters. The number of alkyl carbamates (subject to hydrolysis) is 1. The summed E-state index contributed by atoms with van der Waals surface area (Å²) in [5.74, 6) is 3.48. The van der Waals surface area contributed by atoms with Crippen LogP contribution < -0.4 is 5.32 Å². The van der Waals surface area contributed by atoms with E-state index in [1.165, 1.54) is 51.4 Å². The Hall–Kier alpha value is -0.990. The molecule has 3 heteroatoms. The predicted molar refractivity (Wildman–Crippen MR) is 114 cm³/mol. The Morgan fingerprint density at radius 3 is 2.71 bits per heavy atom. The van der Waals surface area contributed by atoms with Gasteiger partial charge in [0.25, 0.3) is 0 Å². The van der Waals surface area contributed by atoms with Gasteiger partial charge in [0.2, 0.25) is 0 Å². The van der Waals surface area contributed by atoms with E-state index < -0.39 is 0 Å². The van der Waals surface area contributed by atoms with Crippen LogP contribution in [0.15, 0.2) is 11.6 Å². The van der Waals surface area contributed by atoms with Gasteiger partial charge in [-0.25, -0.2) is 4.79 Å². The van der Waals surface area contributed by atoms with Crippen molar-refractivity contribution in [1.29, 1.82) is 0 Å². The van der Waals surface area contributed by atoms with Crippen LogP contribution in [0.5, 0.6) is 0 Å². The van der Waals surface area contributed by atoms with Crippen molar-refractivity contribution in [3.63, 3.8) is 0 Å². The van der Waals surface area contributed by atoms with Crippen LogP contribution in [0.3, 0.4) is 0 Å². The van der Waals surface area contributed by atoms with Gasteiger partial charge in [-0.3, -0.25) is 0 Å². The molecule has 1 N–H and O–H groups in total. The van der Waals surface area contributed by atoms with Crippen molar-refractivity contribution >= 4 is 6.09 Å². The minimum absolute atomic E-state index is 0.0631. The Labute approximate surface area is 172 Å². The molecule has 0 aromatic carbocycles. The number of fused-ring (bicyclic) bond motifs is 5. The first kappa shape index (κ1) is 20.3. The maximum atomic E-state index is 11.9. The van der Waals surface area contributed by atoms with Crippen LogP contribution >= 0.6 is 0 Å². The van der Waals surface area contributed by atoms with Gasteiger partial charge in [-0.1, -0.05) is 51.7 Å². The SMILES string of the molecule is CCNC(=O)O[C@@H]1CC[C@]2(C)C(=CCC3C4CCCC(C)[C@]4(C)CCCC32)C1. The molecule has 3 nitrogen and oxygen atoms in total. The van der Waals surface area contributed by atoms with Gasteiger partial charge in [-0.15, -0.1) is 0 Å². The summed E-state index contributed by atoms with van der Waals surface area (Å²) in [5.41, 5.74) is 2.48. The molecular weight excluding hydrogens is 346 g/mol. The molecule has 4 aliphatic rings. The number of rotatable bonds is 2. The summed E-state index contributed by atoms with van der Waals surface area (Å²) in [6, 6.07) is 0. The number of amides is 1. The lowest BCUT2D eigenvalue weighted by Gasteiger charge is -2.55. The van der Waals surface area contributed by atoms with Crippen molar-refractivity contribution in [2.75, 3.05) is 6.54 Å². The second-order valence-electron chi connectivity index (χ2n) is 10.8. The van der Waals surface area contributed by atoms with Crippen molar-refractivity contribution in [2.24, 2.45) is 34.5 Å². The molecule has 0 radical (unpaired) electrons. The third kappa shape index (κ3) is 3.31. The molecule has 28 heavy (non-hydrogen) atoms. The number of hydrogen-bond acceptors (Lipinski definition) is 2. The molecule has 3 fully saturated rings. The van der Waals surface area contributed by atoms with Gasteiger partial charge in [-0.2, -0.15) is 0 Å². The van der Waals surface area contributed by atoms with E-state index in [1.807, 2.05) is 6.92 Å². The fourth-order valence-electron chi connectivity index (χ4n) is 7.78. The highest BCUT2D eigenvalue weighted by molar-refractivity contribution is 5.67. The normalized spacial score (nSPS) is 45.6. The van der Waals surface area contributed by atoms with Gasteiger partial charge in [0.1, 0.15) is 6.10 Å². The third-order valence-corrected chi connectivity index (χ3v) is 9.61.